The molecule has 0 spiro atoms. The summed E-state index contributed by atoms with van der Waals surface area (Å²) in [5.41, 5.74) is 0. The number of ether oxygens (including phenoxy) is 1. The van der Waals surface area contributed by atoms with Gasteiger partial charge in [-0.05, 0) is 6.04 Å². The summed E-state index contributed by atoms with van der Waals surface area (Å²) in [7, 11) is -0.507. The number of hydrogen-bond donors (Lipinski definition) is 0. The minimum Gasteiger partial charge on any atom is -0.466 e. The van der Waals surface area contributed by atoms with Crippen LogP contribution in [0.1, 0.15) is 6.92 Å². The first-order valence-electron chi connectivity index (χ1n) is 3.26. The standard InChI is InChI=1S/C6H14O2Si/c1-6(7)8-4-5-9(2)3/h9H,4-5H2,1-3H3. The van der Waals surface area contributed by atoms with Crippen LogP contribution in [-0.2, 0) is 9.53 Å². The molecule has 0 atom stereocenters. The summed E-state index contributed by atoms with van der Waals surface area (Å²) in [6.07, 6.45) is 0. The first kappa shape index (κ1) is 8.69. The van der Waals surface area contributed by atoms with Gasteiger partial charge in [0, 0.05) is 15.7 Å². The van der Waals surface area contributed by atoms with Gasteiger partial charge < -0.3 is 4.74 Å². The number of rotatable bonds is 3. The average Bonchev–Trinajstić information content (AvgIpc) is 1.63. The maximum atomic E-state index is 10.2. The quantitative estimate of drug-likeness (QED) is 0.439. The Morgan fingerprint density at radius 2 is 2.11 bits per heavy atom. The van der Waals surface area contributed by atoms with E-state index in [1.165, 1.54) is 6.92 Å². The highest BCUT2D eigenvalue weighted by Crippen LogP contribution is 1.90. The first-order valence-corrected chi connectivity index (χ1v) is 6.39. The summed E-state index contributed by atoms with van der Waals surface area (Å²) in [4.78, 5) is 10.2. The van der Waals surface area contributed by atoms with Gasteiger partial charge in [0.1, 0.15) is 0 Å². The molecule has 9 heavy (non-hydrogen) atoms. The number of hydrogen-bond acceptors (Lipinski definition) is 2. The van der Waals surface area contributed by atoms with Crippen LogP contribution >= 0.6 is 0 Å². The number of carbonyl (C=O) groups is 1. The number of carbonyl (C=O) groups excluding carboxylic acids is 1. The molecule has 0 unspecified atom stereocenters. The molecule has 54 valence electrons. The molecular weight excluding hydrogens is 132 g/mol. The monoisotopic (exact) mass is 146 g/mol. The van der Waals surface area contributed by atoms with Gasteiger partial charge in [0.2, 0.25) is 0 Å². The van der Waals surface area contributed by atoms with Crippen LogP contribution in [0.2, 0.25) is 19.1 Å². The predicted molar refractivity (Wildman–Crippen MR) is 40.3 cm³/mol. The molecule has 0 fully saturated rings. The fraction of sp³-hybridized carbons (Fsp3) is 0.833. The Morgan fingerprint density at radius 3 is 2.44 bits per heavy atom. The smallest absolute Gasteiger partial charge is 0.302 e. The maximum absolute atomic E-state index is 10.2. The van der Waals surface area contributed by atoms with E-state index < -0.39 is 8.80 Å². The molecule has 2 nitrogen and oxygen atoms in total. The highest BCUT2D eigenvalue weighted by molar-refractivity contribution is 6.55. The molecule has 3 heteroatoms. The summed E-state index contributed by atoms with van der Waals surface area (Å²) in [5.74, 6) is -0.162. The molecular formula is C6H14O2Si. The predicted octanol–water partition coefficient (Wildman–Crippen LogP) is 1.04. The van der Waals surface area contributed by atoms with Gasteiger partial charge in [-0.3, -0.25) is 4.79 Å². The summed E-state index contributed by atoms with van der Waals surface area (Å²) in [5, 5.41) is 0. The van der Waals surface area contributed by atoms with Crippen molar-refractivity contribution < 1.29 is 9.53 Å². The molecule has 0 aromatic carbocycles. The van der Waals surface area contributed by atoms with Gasteiger partial charge in [-0.1, -0.05) is 13.1 Å². The molecule has 0 aromatic heterocycles. The van der Waals surface area contributed by atoms with Crippen molar-refractivity contribution in [1.29, 1.82) is 0 Å². The Hall–Kier alpha value is -0.313. The molecule has 0 amide bonds. The van der Waals surface area contributed by atoms with Gasteiger partial charge in [-0.15, -0.1) is 0 Å². The van der Waals surface area contributed by atoms with Gasteiger partial charge >= 0.3 is 5.97 Å². The van der Waals surface area contributed by atoms with Gasteiger partial charge in [0.05, 0.1) is 6.61 Å². The SMILES string of the molecule is CC(=O)OCC[SiH](C)C. The highest BCUT2D eigenvalue weighted by atomic mass is 28.3. The van der Waals surface area contributed by atoms with Gasteiger partial charge in [0.25, 0.3) is 0 Å². The molecule has 0 saturated carbocycles. The Labute approximate surface area is 57.8 Å². The van der Waals surface area contributed by atoms with Gasteiger partial charge in [-0.2, -0.15) is 0 Å². The lowest BCUT2D eigenvalue weighted by Crippen LogP contribution is -2.07. The van der Waals surface area contributed by atoms with Crippen molar-refractivity contribution in [2.24, 2.45) is 0 Å². The summed E-state index contributed by atoms with van der Waals surface area (Å²) in [6, 6.07) is 1.10. The van der Waals surface area contributed by atoms with E-state index in [1.54, 1.807) is 0 Å². The summed E-state index contributed by atoms with van der Waals surface area (Å²) < 4.78 is 4.75. The fourth-order valence-corrected chi connectivity index (χ4v) is 1.03. The van der Waals surface area contributed by atoms with E-state index >= 15 is 0 Å². The lowest BCUT2D eigenvalue weighted by Gasteiger charge is -2.01. The third-order valence-corrected chi connectivity index (χ3v) is 2.39. The lowest BCUT2D eigenvalue weighted by atomic mass is 10.8. The molecule has 0 saturated heterocycles. The van der Waals surface area contributed by atoms with Crippen LogP contribution in [0.5, 0.6) is 0 Å². The van der Waals surface area contributed by atoms with Crippen molar-refractivity contribution in [2.75, 3.05) is 6.61 Å². The Kier molecular flexibility index (Phi) is 4.40. The van der Waals surface area contributed by atoms with E-state index in [2.05, 4.69) is 13.1 Å². The first-order chi connectivity index (χ1) is 4.13. The van der Waals surface area contributed by atoms with Crippen LogP contribution in [0.3, 0.4) is 0 Å². The number of esters is 1. The second kappa shape index (κ2) is 4.55. The van der Waals surface area contributed by atoms with Gasteiger partial charge in [-0.25, -0.2) is 0 Å². The topological polar surface area (TPSA) is 26.3 Å². The Balaban J connectivity index is 3.01. The largest absolute Gasteiger partial charge is 0.466 e. The molecule has 0 aliphatic rings. The van der Waals surface area contributed by atoms with E-state index in [9.17, 15) is 4.79 Å². The summed E-state index contributed by atoms with van der Waals surface area (Å²) in [6.45, 7) is 6.55. The van der Waals surface area contributed by atoms with Gasteiger partial charge in [0.15, 0.2) is 0 Å². The van der Waals surface area contributed by atoms with Crippen molar-refractivity contribution in [3.8, 4) is 0 Å². The van der Waals surface area contributed by atoms with Crippen LogP contribution < -0.4 is 0 Å². The van der Waals surface area contributed by atoms with Crippen LogP contribution in [-0.4, -0.2) is 21.4 Å². The average molecular weight is 146 g/mol. The van der Waals surface area contributed by atoms with Crippen LogP contribution in [0.25, 0.3) is 0 Å². The van der Waals surface area contributed by atoms with E-state index in [0.29, 0.717) is 6.61 Å². The van der Waals surface area contributed by atoms with Crippen LogP contribution in [0, 0.1) is 0 Å². The van der Waals surface area contributed by atoms with Crippen molar-refractivity contribution >= 4 is 14.8 Å². The van der Waals surface area contributed by atoms with Crippen LogP contribution in [0.15, 0.2) is 0 Å². The van der Waals surface area contributed by atoms with E-state index in [-0.39, 0.29) is 5.97 Å². The highest BCUT2D eigenvalue weighted by Gasteiger charge is 1.96. The Morgan fingerprint density at radius 1 is 1.56 bits per heavy atom. The molecule has 0 rings (SSSR count). The minimum atomic E-state index is -0.507. The lowest BCUT2D eigenvalue weighted by molar-refractivity contribution is -0.140. The van der Waals surface area contributed by atoms with E-state index in [0.717, 1.165) is 6.04 Å². The zero-order valence-corrected chi connectivity index (χ0v) is 7.46. The normalized spacial score (nSPS) is 9.78. The zero-order valence-electron chi connectivity index (χ0n) is 6.31. The maximum Gasteiger partial charge on any atom is 0.302 e. The molecule has 0 aliphatic heterocycles. The summed E-state index contributed by atoms with van der Waals surface area (Å²) >= 11 is 0. The third kappa shape index (κ3) is 7.69. The molecule has 0 aromatic rings. The molecule has 0 heterocycles. The fourth-order valence-electron chi connectivity index (χ4n) is 0.438. The Bertz CT molecular complexity index is 91.1. The van der Waals surface area contributed by atoms with Crippen molar-refractivity contribution in [3.63, 3.8) is 0 Å². The second-order valence-electron chi connectivity index (χ2n) is 2.52. The van der Waals surface area contributed by atoms with Crippen molar-refractivity contribution in [3.05, 3.63) is 0 Å². The van der Waals surface area contributed by atoms with E-state index in [4.69, 9.17) is 4.74 Å². The zero-order chi connectivity index (χ0) is 7.28. The molecule has 0 bridgehead atoms. The van der Waals surface area contributed by atoms with Crippen LogP contribution in [0.4, 0.5) is 0 Å². The minimum absolute atomic E-state index is 0.162. The molecule has 0 aliphatic carbocycles. The molecule has 0 N–H and O–H groups in total. The van der Waals surface area contributed by atoms with Crippen molar-refractivity contribution in [2.45, 2.75) is 26.1 Å². The third-order valence-electron chi connectivity index (χ3n) is 1.00. The molecule has 0 radical (unpaired) electrons. The second-order valence-corrected chi connectivity index (χ2v) is 5.89. The van der Waals surface area contributed by atoms with Crippen molar-refractivity contribution in [1.82, 2.24) is 0 Å². The van der Waals surface area contributed by atoms with E-state index in [1.807, 2.05) is 0 Å².